The first-order valence-electron chi connectivity index (χ1n) is 6.28. The van der Waals surface area contributed by atoms with Crippen LogP contribution in [0, 0.1) is 11.8 Å². The van der Waals surface area contributed by atoms with E-state index in [1.54, 1.807) is 0 Å². The van der Waals surface area contributed by atoms with Gasteiger partial charge >= 0.3 is 30.8 Å². The fourth-order valence-electron chi connectivity index (χ4n) is 2.29. The molecule has 1 heterocycles. The Morgan fingerprint density at radius 2 is 2.00 bits per heavy atom. The van der Waals surface area contributed by atoms with Crippen LogP contribution in [-0.2, 0) is 33.0 Å². The molecule has 120 valence electrons. The molecule has 0 spiro atoms. The van der Waals surface area contributed by atoms with Gasteiger partial charge in [0.05, 0.1) is 11.8 Å². The molecule has 3 unspecified atom stereocenters. The molecule has 1 aliphatic heterocycles. The SMILES string of the molecule is O=C1OC(=O)C2CC(SOONCCSOO[O-])CCC12.[Li+]. The molecular weight excluding hydrogens is 333 g/mol. The zero-order valence-corrected chi connectivity index (χ0v) is 13.5. The van der Waals surface area contributed by atoms with E-state index in [0.29, 0.717) is 25.1 Å². The van der Waals surface area contributed by atoms with Crippen LogP contribution in [0.1, 0.15) is 19.3 Å². The van der Waals surface area contributed by atoms with Crippen molar-refractivity contribution < 1.29 is 57.1 Å². The van der Waals surface area contributed by atoms with Crippen molar-refractivity contribution in [2.24, 2.45) is 11.8 Å². The normalized spacial score (nSPS) is 27.2. The van der Waals surface area contributed by atoms with E-state index in [-0.39, 0.29) is 35.9 Å². The van der Waals surface area contributed by atoms with E-state index in [1.165, 1.54) is 0 Å². The van der Waals surface area contributed by atoms with E-state index in [2.05, 4.69) is 19.6 Å². The summed E-state index contributed by atoms with van der Waals surface area (Å²) in [4.78, 5) is 27.6. The van der Waals surface area contributed by atoms with E-state index in [0.717, 1.165) is 30.5 Å². The largest absolute Gasteiger partial charge is 1.00 e. The van der Waals surface area contributed by atoms with Crippen LogP contribution in [0.2, 0.25) is 0 Å². The van der Waals surface area contributed by atoms with Crippen LogP contribution in [0.5, 0.6) is 0 Å². The number of carbonyl (C=O) groups is 2. The van der Waals surface area contributed by atoms with Gasteiger partial charge in [-0.1, -0.05) is 0 Å². The van der Waals surface area contributed by atoms with Crippen LogP contribution >= 0.6 is 24.1 Å². The van der Waals surface area contributed by atoms with Gasteiger partial charge in [-0.05, 0) is 19.3 Å². The Morgan fingerprint density at radius 1 is 1.23 bits per heavy atom. The smallest absolute Gasteiger partial charge is 0.691 e. The Kier molecular flexibility index (Phi) is 10.0. The van der Waals surface area contributed by atoms with Gasteiger partial charge in [0.1, 0.15) is 0 Å². The maximum Gasteiger partial charge on any atom is 1.00 e. The number of fused-ring (bicyclic) bond motifs is 1. The average molecular weight is 347 g/mol. The van der Waals surface area contributed by atoms with Gasteiger partial charge in [0.2, 0.25) is 0 Å². The Labute approximate surface area is 147 Å². The number of hydrogen-bond acceptors (Lipinski definition) is 11. The fraction of sp³-hybridized carbons (Fsp3) is 0.800. The minimum atomic E-state index is -0.438. The third kappa shape index (κ3) is 6.01. The summed E-state index contributed by atoms with van der Waals surface area (Å²) in [5.74, 6) is -1.08. The van der Waals surface area contributed by atoms with Gasteiger partial charge in [-0.2, -0.15) is 9.81 Å². The van der Waals surface area contributed by atoms with Crippen LogP contribution in [0.4, 0.5) is 0 Å². The van der Waals surface area contributed by atoms with Gasteiger partial charge in [-0.15, -0.1) is 9.32 Å². The number of carbonyl (C=O) groups excluding carboxylic acids is 2. The Morgan fingerprint density at radius 3 is 2.77 bits per heavy atom. The molecule has 0 aromatic rings. The van der Waals surface area contributed by atoms with Crippen molar-refractivity contribution in [3.8, 4) is 0 Å². The van der Waals surface area contributed by atoms with Crippen molar-refractivity contribution in [3.63, 3.8) is 0 Å². The molecule has 0 amide bonds. The molecule has 1 aliphatic carbocycles. The molecule has 3 atom stereocenters. The van der Waals surface area contributed by atoms with Gasteiger partial charge in [0, 0.05) is 41.6 Å². The van der Waals surface area contributed by atoms with Crippen LogP contribution in [0.15, 0.2) is 0 Å². The second kappa shape index (κ2) is 10.9. The maximum absolute atomic E-state index is 11.5. The predicted molar refractivity (Wildman–Crippen MR) is 68.1 cm³/mol. The standard InChI is InChI=1S/C10H15NO8S2.Li/c12-9-7-2-1-6(5-8(7)10(13)15-9)21-18-16-11-3-4-20-19-17-14;/h6-8,11,14H,1-5H2;/q;+1/p-1. The first-order chi connectivity index (χ1) is 10.2. The molecule has 1 saturated heterocycles. The summed E-state index contributed by atoms with van der Waals surface area (Å²) in [6.07, 6.45) is 1.91. The van der Waals surface area contributed by atoms with Crippen LogP contribution in [0.3, 0.4) is 0 Å². The van der Waals surface area contributed by atoms with Crippen LogP contribution in [-0.4, -0.2) is 29.5 Å². The van der Waals surface area contributed by atoms with Crippen molar-refractivity contribution in [1.29, 1.82) is 0 Å². The number of cyclic esters (lactones) is 2. The Bertz CT molecular complexity index is 377. The van der Waals surface area contributed by atoms with Gasteiger partial charge in [0.25, 0.3) is 0 Å². The summed E-state index contributed by atoms with van der Waals surface area (Å²) < 4.78 is 13.6. The summed E-state index contributed by atoms with van der Waals surface area (Å²) in [5.41, 5.74) is 2.50. The second-order valence-electron chi connectivity index (χ2n) is 4.49. The molecule has 22 heavy (non-hydrogen) atoms. The molecule has 2 rings (SSSR count). The molecule has 1 saturated carbocycles. The Balaban J connectivity index is 0.00000242. The summed E-state index contributed by atoms with van der Waals surface area (Å²) in [7, 11) is 0. The van der Waals surface area contributed by atoms with E-state index in [4.69, 9.17) is 9.32 Å². The molecule has 0 radical (unpaired) electrons. The topological polar surface area (TPSA) is 115 Å². The van der Waals surface area contributed by atoms with Crippen molar-refractivity contribution in [2.75, 3.05) is 12.3 Å². The average Bonchev–Trinajstić information content (AvgIpc) is 2.76. The van der Waals surface area contributed by atoms with Crippen molar-refractivity contribution in [2.45, 2.75) is 24.5 Å². The Hall–Kier alpha value is 0.197. The second-order valence-corrected chi connectivity index (χ2v) is 6.26. The molecule has 12 heteroatoms. The first-order valence-corrected chi connectivity index (χ1v) is 7.99. The number of esters is 2. The number of hydrogen-bond donors (Lipinski definition) is 1. The molecule has 2 fully saturated rings. The zero-order valence-electron chi connectivity index (χ0n) is 11.9. The summed E-state index contributed by atoms with van der Waals surface area (Å²) in [6, 6.07) is 0. The quantitative estimate of drug-likeness (QED) is 0.0866. The van der Waals surface area contributed by atoms with E-state index < -0.39 is 11.9 Å². The summed E-state index contributed by atoms with van der Waals surface area (Å²) in [6.45, 7) is 0.380. The van der Waals surface area contributed by atoms with Gasteiger partial charge in [0.15, 0.2) is 0 Å². The minimum Gasteiger partial charge on any atom is -0.691 e. The molecule has 1 N–H and O–H groups in total. The summed E-state index contributed by atoms with van der Waals surface area (Å²) >= 11 is 1.93. The van der Waals surface area contributed by atoms with E-state index >= 15 is 0 Å². The third-order valence-corrected chi connectivity index (χ3v) is 4.61. The third-order valence-electron chi connectivity index (χ3n) is 3.24. The first kappa shape index (κ1) is 20.2. The zero-order chi connectivity index (χ0) is 15.1. The van der Waals surface area contributed by atoms with Gasteiger partial charge < -0.3 is 9.99 Å². The fourth-order valence-corrected chi connectivity index (χ4v) is 3.28. The van der Waals surface area contributed by atoms with Crippen molar-refractivity contribution in [3.05, 3.63) is 0 Å². The van der Waals surface area contributed by atoms with Gasteiger partial charge in [-0.3, -0.25) is 14.6 Å². The van der Waals surface area contributed by atoms with E-state index in [1.807, 2.05) is 0 Å². The van der Waals surface area contributed by atoms with Crippen LogP contribution in [0.25, 0.3) is 0 Å². The molecule has 0 aromatic heterocycles. The molecule has 0 bridgehead atoms. The van der Waals surface area contributed by atoms with Crippen molar-refractivity contribution in [1.82, 2.24) is 5.48 Å². The van der Waals surface area contributed by atoms with E-state index in [9.17, 15) is 14.8 Å². The number of hydroxylamine groups is 1. The van der Waals surface area contributed by atoms with Crippen LogP contribution < -0.4 is 29.6 Å². The molecule has 2 aliphatic rings. The molecule has 9 nitrogen and oxygen atoms in total. The molecular formula is C10H14LiNO8S2. The monoisotopic (exact) mass is 347 g/mol. The predicted octanol–water partition coefficient (Wildman–Crippen LogP) is -3.17. The number of rotatable bonds is 9. The summed E-state index contributed by atoms with van der Waals surface area (Å²) in [5, 5.41) is 12.7. The number of ether oxygens (including phenoxy) is 1. The van der Waals surface area contributed by atoms with Crippen molar-refractivity contribution >= 4 is 36.0 Å². The molecule has 0 aromatic carbocycles. The number of nitrogens with one attached hydrogen (secondary N) is 1. The maximum atomic E-state index is 11.5. The minimum absolute atomic E-state index is 0. The van der Waals surface area contributed by atoms with Gasteiger partial charge in [-0.25, -0.2) is 0 Å².